The summed E-state index contributed by atoms with van der Waals surface area (Å²) in [4.78, 5) is 16.1. The van der Waals surface area contributed by atoms with Crippen molar-refractivity contribution in [3.8, 4) is 0 Å². The van der Waals surface area contributed by atoms with Crippen molar-refractivity contribution in [3.05, 3.63) is 47.7 Å². The zero-order valence-electron chi connectivity index (χ0n) is 15.5. The first kappa shape index (κ1) is 18.4. The maximum absolute atomic E-state index is 13.3. The Kier molecular flexibility index (Phi) is 4.65. The Balaban J connectivity index is 1.36. The molecule has 4 aromatic rings. The van der Waals surface area contributed by atoms with E-state index in [1.54, 1.807) is 0 Å². The second kappa shape index (κ2) is 7.33. The van der Waals surface area contributed by atoms with E-state index < -0.39 is 18.0 Å². The minimum Gasteiger partial charge on any atom is -0.390 e. The third kappa shape index (κ3) is 3.68. The van der Waals surface area contributed by atoms with Crippen LogP contribution in [0.25, 0.3) is 21.4 Å². The van der Waals surface area contributed by atoms with Crippen LogP contribution >= 0.6 is 11.3 Å². The summed E-state index contributed by atoms with van der Waals surface area (Å²) >= 11 is 1.52. The quantitative estimate of drug-likeness (QED) is 0.410. The van der Waals surface area contributed by atoms with Crippen molar-refractivity contribution < 1.29 is 14.6 Å². The number of rotatable bonds is 4. The zero-order valence-corrected chi connectivity index (χ0v) is 16.3. The number of H-pyrrole nitrogens is 1. The van der Waals surface area contributed by atoms with Crippen LogP contribution in [0.3, 0.4) is 0 Å². The van der Waals surface area contributed by atoms with Gasteiger partial charge in [0.25, 0.3) is 0 Å². The molecule has 0 amide bonds. The number of thiazole rings is 1. The first-order chi connectivity index (χ1) is 14.0. The van der Waals surface area contributed by atoms with Crippen molar-refractivity contribution in [2.45, 2.75) is 43.9 Å². The van der Waals surface area contributed by atoms with Gasteiger partial charge in [0.1, 0.15) is 11.6 Å². The fourth-order valence-electron chi connectivity index (χ4n) is 3.81. The van der Waals surface area contributed by atoms with Crippen molar-refractivity contribution in [2.75, 3.05) is 5.32 Å². The average molecular weight is 413 g/mol. The number of anilines is 1. The number of pyridine rings is 1. The molecule has 0 saturated heterocycles. The molecule has 0 spiro atoms. The predicted octanol–water partition coefficient (Wildman–Crippen LogP) is 2.98. The van der Waals surface area contributed by atoms with Gasteiger partial charge in [-0.25, -0.2) is 19.3 Å². The zero-order chi connectivity index (χ0) is 20.0. The van der Waals surface area contributed by atoms with E-state index in [2.05, 4.69) is 31.3 Å². The number of nitrogens with one attached hydrogen (secondary N) is 2. The molecule has 3 heterocycles. The third-order valence-electron chi connectivity index (χ3n) is 5.31. The maximum Gasteiger partial charge on any atom is 0.184 e. The summed E-state index contributed by atoms with van der Waals surface area (Å²) in [7, 11) is 0. The Labute approximate surface area is 169 Å². The lowest BCUT2D eigenvalue weighted by Crippen LogP contribution is -2.45. The smallest absolute Gasteiger partial charge is 0.184 e. The lowest BCUT2D eigenvalue weighted by Gasteiger charge is -2.32. The van der Waals surface area contributed by atoms with E-state index in [1.165, 1.54) is 17.4 Å². The van der Waals surface area contributed by atoms with Crippen molar-refractivity contribution in [3.63, 3.8) is 0 Å². The number of fused-ring (bicyclic) bond motifs is 2. The Bertz CT molecular complexity index is 1180. The van der Waals surface area contributed by atoms with Crippen molar-refractivity contribution in [2.24, 2.45) is 0 Å². The van der Waals surface area contributed by atoms with Gasteiger partial charge in [-0.3, -0.25) is 0 Å². The van der Waals surface area contributed by atoms with Crippen LogP contribution in [0.5, 0.6) is 0 Å². The van der Waals surface area contributed by atoms with E-state index in [0.29, 0.717) is 24.0 Å². The number of hydrogen-bond donors (Lipinski definition) is 4. The van der Waals surface area contributed by atoms with Crippen LogP contribution in [0.15, 0.2) is 30.5 Å². The Hall–Kier alpha value is -2.62. The molecule has 1 aliphatic rings. The van der Waals surface area contributed by atoms with Gasteiger partial charge in [-0.15, -0.1) is 0 Å². The molecule has 1 fully saturated rings. The van der Waals surface area contributed by atoms with E-state index in [-0.39, 0.29) is 6.04 Å². The summed E-state index contributed by atoms with van der Waals surface area (Å²) in [5.74, 6) is 0.328. The maximum atomic E-state index is 13.3. The van der Waals surface area contributed by atoms with Crippen molar-refractivity contribution in [1.29, 1.82) is 0 Å². The van der Waals surface area contributed by atoms with Gasteiger partial charge in [0.2, 0.25) is 0 Å². The molecule has 5 rings (SSSR count). The molecule has 0 bridgehead atoms. The SMILES string of the molecule is OC1CCCC(Nc2nc3ccc(Cc4nc5ncc(F)cc5[nH]4)cc3s2)C1O. The first-order valence-electron chi connectivity index (χ1n) is 9.57. The monoisotopic (exact) mass is 413 g/mol. The minimum atomic E-state index is -0.780. The highest BCUT2D eigenvalue weighted by molar-refractivity contribution is 7.22. The highest BCUT2D eigenvalue weighted by Gasteiger charge is 2.30. The van der Waals surface area contributed by atoms with Gasteiger partial charge in [-0.05, 0) is 37.0 Å². The predicted molar refractivity (Wildman–Crippen MR) is 110 cm³/mol. The second-order valence-corrected chi connectivity index (χ2v) is 8.48. The lowest BCUT2D eigenvalue weighted by molar-refractivity contribution is -0.0161. The van der Waals surface area contributed by atoms with Gasteiger partial charge in [0, 0.05) is 12.5 Å². The van der Waals surface area contributed by atoms with E-state index in [1.807, 2.05) is 12.1 Å². The fraction of sp³-hybridized carbons (Fsp3) is 0.350. The van der Waals surface area contributed by atoms with Gasteiger partial charge in [0.05, 0.1) is 40.2 Å². The second-order valence-electron chi connectivity index (χ2n) is 7.45. The summed E-state index contributed by atoms with van der Waals surface area (Å²) in [5, 5.41) is 24.1. The normalized spacial score (nSPS) is 22.4. The van der Waals surface area contributed by atoms with Crippen LogP contribution in [0.4, 0.5) is 9.52 Å². The molecule has 9 heteroatoms. The Morgan fingerprint density at radius 3 is 3.00 bits per heavy atom. The summed E-state index contributed by atoms with van der Waals surface area (Å²) in [6.45, 7) is 0. The van der Waals surface area contributed by atoms with Crippen molar-refractivity contribution in [1.82, 2.24) is 19.9 Å². The van der Waals surface area contributed by atoms with E-state index in [9.17, 15) is 14.6 Å². The molecule has 4 N–H and O–H groups in total. The summed E-state index contributed by atoms with van der Waals surface area (Å²) < 4.78 is 14.3. The number of imidazole rings is 1. The number of aromatic amines is 1. The highest BCUT2D eigenvalue weighted by atomic mass is 32.1. The number of hydrogen-bond acceptors (Lipinski definition) is 7. The molecule has 29 heavy (non-hydrogen) atoms. The van der Waals surface area contributed by atoms with Crippen LogP contribution < -0.4 is 5.32 Å². The molecule has 1 saturated carbocycles. The molecule has 0 radical (unpaired) electrons. The highest BCUT2D eigenvalue weighted by Crippen LogP contribution is 2.30. The van der Waals surface area contributed by atoms with Gasteiger partial charge in [-0.1, -0.05) is 17.4 Å². The Morgan fingerprint density at radius 1 is 1.21 bits per heavy atom. The van der Waals surface area contributed by atoms with E-state index in [4.69, 9.17) is 0 Å². The molecule has 3 atom stereocenters. The van der Waals surface area contributed by atoms with Crippen LogP contribution in [-0.4, -0.2) is 48.4 Å². The van der Waals surface area contributed by atoms with Crippen LogP contribution in [0.1, 0.15) is 30.7 Å². The molecule has 3 unspecified atom stereocenters. The minimum absolute atomic E-state index is 0.192. The molecule has 150 valence electrons. The standard InChI is InChI=1S/C20H20FN5O2S/c21-11-8-14-19(22-9-11)26-17(23-14)7-10-4-5-12-16(6-10)29-20(24-12)25-13-2-1-3-15(27)18(13)28/h4-6,8-9,13,15,18,27-28H,1-3,7H2,(H,24,25)(H,22,23,26). The molecular weight excluding hydrogens is 393 g/mol. The van der Waals surface area contributed by atoms with Crippen LogP contribution in [-0.2, 0) is 6.42 Å². The molecule has 7 nitrogen and oxygen atoms in total. The van der Waals surface area contributed by atoms with Gasteiger partial charge in [0.15, 0.2) is 10.8 Å². The number of aromatic nitrogens is 4. The number of aliphatic hydroxyl groups excluding tert-OH is 2. The average Bonchev–Trinajstić information content (AvgIpc) is 3.27. The largest absolute Gasteiger partial charge is 0.390 e. The molecular formula is C20H20FN5O2S. The first-order valence-corrected chi connectivity index (χ1v) is 10.4. The number of halogens is 1. The summed E-state index contributed by atoms with van der Waals surface area (Å²) in [6, 6.07) is 7.21. The number of aliphatic hydroxyl groups is 2. The number of benzene rings is 1. The summed E-state index contributed by atoms with van der Waals surface area (Å²) in [5.41, 5.74) is 3.01. The summed E-state index contributed by atoms with van der Waals surface area (Å²) in [6.07, 6.45) is 2.58. The van der Waals surface area contributed by atoms with Gasteiger partial charge < -0.3 is 20.5 Å². The molecule has 0 aliphatic heterocycles. The van der Waals surface area contributed by atoms with Gasteiger partial charge >= 0.3 is 0 Å². The number of nitrogens with zero attached hydrogens (tertiary/aromatic N) is 3. The lowest BCUT2D eigenvalue weighted by atomic mass is 9.90. The van der Waals surface area contributed by atoms with E-state index >= 15 is 0 Å². The van der Waals surface area contributed by atoms with Crippen LogP contribution in [0.2, 0.25) is 0 Å². The molecule has 1 aliphatic carbocycles. The molecule has 1 aromatic carbocycles. The van der Waals surface area contributed by atoms with Crippen molar-refractivity contribution >= 4 is 37.8 Å². The third-order valence-corrected chi connectivity index (χ3v) is 6.26. The molecule has 3 aromatic heterocycles. The Morgan fingerprint density at radius 2 is 2.10 bits per heavy atom. The van der Waals surface area contributed by atoms with Gasteiger partial charge in [-0.2, -0.15) is 0 Å². The van der Waals surface area contributed by atoms with E-state index in [0.717, 1.165) is 45.8 Å². The van der Waals surface area contributed by atoms with Crippen LogP contribution in [0, 0.1) is 5.82 Å². The topological polar surface area (TPSA) is 107 Å². The fourth-order valence-corrected chi connectivity index (χ4v) is 4.81.